The van der Waals surface area contributed by atoms with E-state index in [1.165, 1.54) is 7.11 Å². The Hall–Kier alpha value is -0.640. The molecule has 0 saturated heterocycles. The van der Waals surface area contributed by atoms with Gasteiger partial charge in [-0.15, -0.1) is 0 Å². The molecule has 0 aromatic heterocycles. The van der Waals surface area contributed by atoms with Crippen LogP contribution in [-0.2, 0) is 9.53 Å². The van der Waals surface area contributed by atoms with Crippen molar-refractivity contribution in [1.29, 1.82) is 0 Å². The van der Waals surface area contributed by atoms with E-state index in [2.05, 4.69) is 4.74 Å². The van der Waals surface area contributed by atoms with Crippen molar-refractivity contribution in [3.63, 3.8) is 0 Å². The Morgan fingerprint density at radius 1 is 1.64 bits per heavy atom. The average molecular weight is 163 g/mol. The summed E-state index contributed by atoms with van der Waals surface area (Å²) in [5.74, 6) is -0.427. The smallest absolute Gasteiger partial charge is 0.322 e. The second kappa shape index (κ2) is 6.09. The number of nitrogens with two attached hydrogens (primary N) is 1. The number of ether oxygens (including phenoxy) is 1. The summed E-state index contributed by atoms with van der Waals surface area (Å²) in [6.45, 7) is -0.353. The molecule has 66 valence electrons. The molecule has 4 heteroatoms. The minimum atomic E-state index is -0.591. The van der Waals surface area contributed by atoms with Gasteiger partial charge >= 0.3 is 5.97 Å². The van der Waals surface area contributed by atoms with Crippen LogP contribution in [-0.4, -0.2) is 25.8 Å². The molecule has 0 aromatic carbocycles. The summed E-state index contributed by atoms with van der Waals surface area (Å²) in [7, 11) is 1.29. The highest BCUT2D eigenvalue weighted by atomic mass is 19.1. The minimum Gasteiger partial charge on any atom is -0.468 e. The molecule has 0 fully saturated rings. The predicted molar refractivity (Wildman–Crippen MR) is 39.8 cm³/mol. The van der Waals surface area contributed by atoms with Crippen molar-refractivity contribution >= 4 is 5.97 Å². The molecule has 0 bridgehead atoms. The number of hydrogen-bond donors (Lipinski definition) is 1. The van der Waals surface area contributed by atoms with E-state index in [0.717, 1.165) is 0 Å². The highest BCUT2D eigenvalue weighted by molar-refractivity contribution is 5.75. The monoisotopic (exact) mass is 163 g/mol. The van der Waals surface area contributed by atoms with Crippen molar-refractivity contribution in [2.75, 3.05) is 13.8 Å². The standard InChI is InChI=1S/C7H14FNO2/c1-11-7(10)6(9)4-2-3-5-8/h6H,2-5,9H2,1H3/t6-/m0/s1. The van der Waals surface area contributed by atoms with Crippen molar-refractivity contribution in [2.24, 2.45) is 5.73 Å². The maximum Gasteiger partial charge on any atom is 0.322 e. The Kier molecular flexibility index (Phi) is 5.74. The highest BCUT2D eigenvalue weighted by Gasteiger charge is 2.11. The Balaban J connectivity index is 3.36. The van der Waals surface area contributed by atoms with Gasteiger partial charge in [-0.25, -0.2) is 0 Å². The zero-order valence-corrected chi connectivity index (χ0v) is 6.68. The number of unbranched alkanes of at least 4 members (excludes halogenated alkanes) is 1. The number of halogens is 1. The highest BCUT2D eigenvalue weighted by Crippen LogP contribution is 2.00. The summed E-state index contributed by atoms with van der Waals surface area (Å²) >= 11 is 0. The van der Waals surface area contributed by atoms with Crippen LogP contribution in [0.3, 0.4) is 0 Å². The van der Waals surface area contributed by atoms with E-state index in [4.69, 9.17) is 5.73 Å². The number of esters is 1. The summed E-state index contributed by atoms with van der Waals surface area (Å²) in [5.41, 5.74) is 5.37. The van der Waals surface area contributed by atoms with Crippen molar-refractivity contribution in [3.05, 3.63) is 0 Å². The average Bonchev–Trinajstić information content (AvgIpc) is 2.03. The van der Waals surface area contributed by atoms with Gasteiger partial charge in [0, 0.05) is 0 Å². The molecule has 1 atom stereocenters. The molecule has 0 aliphatic rings. The molecule has 0 saturated carbocycles. The number of carbonyl (C=O) groups excluding carboxylic acids is 1. The second-order valence-electron chi connectivity index (χ2n) is 2.31. The van der Waals surface area contributed by atoms with Gasteiger partial charge in [-0.1, -0.05) is 0 Å². The van der Waals surface area contributed by atoms with Gasteiger partial charge in [0.05, 0.1) is 13.8 Å². The third-order valence-corrected chi connectivity index (χ3v) is 1.40. The maximum atomic E-state index is 11.6. The van der Waals surface area contributed by atoms with Crippen LogP contribution in [0.4, 0.5) is 4.39 Å². The van der Waals surface area contributed by atoms with Gasteiger partial charge in [0.2, 0.25) is 0 Å². The molecule has 0 aromatic rings. The third kappa shape index (κ3) is 4.72. The lowest BCUT2D eigenvalue weighted by Crippen LogP contribution is -2.31. The van der Waals surface area contributed by atoms with E-state index < -0.39 is 12.0 Å². The first-order chi connectivity index (χ1) is 5.22. The normalized spacial score (nSPS) is 12.6. The summed E-state index contributed by atoms with van der Waals surface area (Å²) in [5, 5.41) is 0. The lowest BCUT2D eigenvalue weighted by molar-refractivity contribution is -0.142. The van der Waals surface area contributed by atoms with E-state index in [0.29, 0.717) is 19.3 Å². The van der Waals surface area contributed by atoms with Crippen molar-refractivity contribution in [1.82, 2.24) is 0 Å². The summed E-state index contributed by atoms with van der Waals surface area (Å²) < 4.78 is 16.0. The summed E-state index contributed by atoms with van der Waals surface area (Å²) in [4.78, 5) is 10.7. The molecule has 0 spiro atoms. The maximum absolute atomic E-state index is 11.6. The Morgan fingerprint density at radius 3 is 2.73 bits per heavy atom. The number of methoxy groups -OCH3 is 1. The lowest BCUT2D eigenvalue weighted by atomic mass is 10.1. The fourth-order valence-corrected chi connectivity index (χ4v) is 0.728. The SMILES string of the molecule is COC(=O)[C@@H](N)CCCCF. The molecule has 0 radical (unpaired) electrons. The Labute approximate surface area is 65.7 Å². The number of hydrogen-bond acceptors (Lipinski definition) is 3. The molecule has 11 heavy (non-hydrogen) atoms. The van der Waals surface area contributed by atoms with Crippen molar-refractivity contribution < 1.29 is 13.9 Å². The molecule has 0 rings (SSSR count). The van der Waals surface area contributed by atoms with E-state index in [1.807, 2.05) is 0 Å². The minimum absolute atomic E-state index is 0.353. The zero-order valence-electron chi connectivity index (χ0n) is 6.68. The Morgan fingerprint density at radius 2 is 2.27 bits per heavy atom. The summed E-state index contributed by atoms with van der Waals surface area (Å²) in [6, 6.07) is -0.591. The molecule has 0 amide bonds. The van der Waals surface area contributed by atoms with E-state index >= 15 is 0 Å². The van der Waals surface area contributed by atoms with Gasteiger partial charge in [0.25, 0.3) is 0 Å². The molecule has 0 heterocycles. The van der Waals surface area contributed by atoms with Crippen LogP contribution in [0.15, 0.2) is 0 Å². The largest absolute Gasteiger partial charge is 0.468 e. The van der Waals surface area contributed by atoms with Gasteiger partial charge in [-0.05, 0) is 19.3 Å². The molecular formula is C7H14FNO2. The fraction of sp³-hybridized carbons (Fsp3) is 0.857. The molecule has 0 aliphatic carbocycles. The molecular weight excluding hydrogens is 149 g/mol. The lowest BCUT2D eigenvalue weighted by Gasteiger charge is -2.06. The topological polar surface area (TPSA) is 52.3 Å². The summed E-state index contributed by atoms with van der Waals surface area (Å²) in [6.07, 6.45) is 1.59. The van der Waals surface area contributed by atoms with Crippen LogP contribution in [0.2, 0.25) is 0 Å². The van der Waals surface area contributed by atoms with Crippen LogP contribution >= 0.6 is 0 Å². The van der Waals surface area contributed by atoms with Crippen molar-refractivity contribution in [3.8, 4) is 0 Å². The quantitative estimate of drug-likeness (QED) is 0.477. The van der Waals surface area contributed by atoms with Gasteiger partial charge in [-0.3, -0.25) is 9.18 Å². The van der Waals surface area contributed by atoms with Crippen LogP contribution in [0, 0.1) is 0 Å². The van der Waals surface area contributed by atoms with Crippen LogP contribution in [0.1, 0.15) is 19.3 Å². The first kappa shape index (κ1) is 10.4. The number of alkyl halides is 1. The van der Waals surface area contributed by atoms with E-state index in [1.54, 1.807) is 0 Å². The van der Waals surface area contributed by atoms with Crippen LogP contribution < -0.4 is 5.73 Å². The first-order valence-corrected chi connectivity index (χ1v) is 3.61. The molecule has 2 N–H and O–H groups in total. The molecule has 0 aliphatic heterocycles. The van der Waals surface area contributed by atoms with Crippen molar-refractivity contribution in [2.45, 2.75) is 25.3 Å². The van der Waals surface area contributed by atoms with Gasteiger partial charge < -0.3 is 10.5 Å². The van der Waals surface area contributed by atoms with Gasteiger partial charge in [0.15, 0.2) is 0 Å². The second-order valence-corrected chi connectivity index (χ2v) is 2.31. The van der Waals surface area contributed by atoms with E-state index in [-0.39, 0.29) is 6.67 Å². The van der Waals surface area contributed by atoms with Gasteiger partial charge in [0.1, 0.15) is 6.04 Å². The predicted octanol–water partition coefficient (Wildman–Crippen LogP) is 0.626. The number of carbonyl (C=O) groups is 1. The molecule has 3 nitrogen and oxygen atoms in total. The van der Waals surface area contributed by atoms with Crippen LogP contribution in [0.5, 0.6) is 0 Å². The van der Waals surface area contributed by atoms with Crippen LogP contribution in [0.25, 0.3) is 0 Å². The molecule has 0 unspecified atom stereocenters. The fourth-order valence-electron chi connectivity index (χ4n) is 0.728. The number of rotatable bonds is 5. The van der Waals surface area contributed by atoms with E-state index in [9.17, 15) is 9.18 Å². The third-order valence-electron chi connectivity index (χ3n) is 1.40. The zero-order chi connectivity index (χ0) is 8.69. The Bertz CT molecular complexity index is 119. The first-order valence-electron chi connectivity index (χ1n) is 3.61. The van der Waals surface area contributed by atoms with Gasteiger partial charge in [-0.2, -0.15) is 0 Å².